The largest absolute Gasteiger partial charge is 0.809 e. The molecule has 5 atom stereocenters. The normalized spacial score (nSPS) is 25.1. The third kappa shape index (κ3) is 4.00. The first-order chi connectivity index (χ1) is 14.7. The van der Waals surface area contributed by atoms with E-state index in [-0.39, 0.29) is 22.7 Å². The molecule has 1 aromatic carbocycles. The highest BCUT2D eigenvalue weighted by molar-refractivity contribution is 7.49. The summed E-state index contributed by atoms with van der Waals surface area (Å²) in [6, 6.07) is 7.61. The van der Waals surface area contributed by atoms with Gasteiger partial charge in [-0.3, -0.25) is 14.3 Å². The predicted octanol–water partition coefficient (Wildman–Crippen LogP) is -2.24. The molecule has 3 aromatic rings. The molecule has 1 saturated heterocycles. The number of rotatable bonds is 6. The van der Waals surface area contributed by atoms with Crippen molar-refractivity contribution in [1.29, 1.82) is 0 Å². The van der Waals surface area contributed by atoms with Crippen LogP contribution in [0.25, 0.3) is 11.2 Å². The van der Waals surface area contributed by atoms with Gasteiger partial charge in [-0.2, -0.15) is 4.98 Å². The summed E-state index contributed by atoms with van der Waals surface area (Å²) in [6.45, 7) is -0.552. The topological polar surface area (TPSA) is 209 Å². The molecule has 0 saturated carbocycles. The minimum absolute atomic E-state index is 0.0977. The minimum atomic E-state index is -5.21. The van der Waals surface area contributed by atoms with E-state index < -0.39 is 50.1 Å². The van der Waals surface area contributed by atoms with Crippen LogP contribution in [0.2, 0.25) is 0 Å². The molecule has 3 heterocycles. The van der Waals surface area contributed by atoms with E-state index in [2.05, 4.69) is 20.3 Å². The number of imidazole rings is 1. The molecule has 14 heteroatoms. The number of benzene rings is 1. The molecule has 0 amide bonds. The van der Waals surface area contributed by atoms with Crippen molar-refractivity contribution in [2.45, 2.75) is 30.3 Å². The van der Waals surface area contributed by atoms with Crippen LogP contribution in [0.4, 0.5) is 5.95 Å². The van der Waals surface area contributed by atoms with Crippen LogP contribution in [0, 0.1) is 0 Å². The van der Waals surface area contributed by atoms with E-state index >= 15 is 0 Å². The molecule has 2 aromatic heterocycles. The maximum absolute atomic E-state index is 12.4. The second kappa shape index (κ2) is 8.13. The molecule has 0 spiro atoms. The van der Waals surface area contributed by atoms with Gasteiger partial charge in [0.1, 0.15) is 18.3 Å². The van der Waals surface area contributed by atoms with E-state index in [9.17, 15) is 34.5 Å². The van der Waals surface area contributed by atoms with E-state index in [0.29, 0.717) is 0 Å². The Morgan fingerprint density at radius 1 is 1.26 bits per heavy atom. The molecule has 166 valence electrons. The maximum atomic E-state index is 12.4. The molecule has 1 aliphatic rings. The number of nitrogens with one attached hydrogen (secondary N) is 2. The van der Waals surface area contributed by atoms with Gasteiger partial charge in [0.15, 0.2) is 17.4 Å². The van der Waals surface area contributed by atoms with Crippen molar-refractivity contribution in [3.8, 4) is 0 Å². The third-order valence-electron chi connectivity index (χ3n) is 4.93. The van der Waals surface area contributed by atoms with Crippen LogP contribution >= 0.6 is 7.60 Å². The van der Waals surface area contributed by atoms with Crippen molar-refractivity contribution in [1.82, 2.24) is 19.5 Å². The van der Waals surface area contributed by atoms with E-state index in [0.717, 1.165) is 6.33 Å². The highest BCUT2D eigenvalue weighted by atomic mass is 31.2. The van der Waals surface area contributed by atoms with Crippen LogP contribution in [-0.4, -0.2) is 59.8 Å². The summed E-state index contributed by atoms with van der Waals surface area (Å²) in [5.41, 5.74) is -0.835. The summed E-state index contributed by atoms with van der Waals surface area (Å²) in [4.78, 5) is 46.5. The maximum Gasteiger partial charge on any atom is 0.280 e. The molecule has 1 aliphatic heterocycles. The fraction of sp³-hybridized carbons (Fsp3) is 0.353. The average Bonchev–Trinajstić information content (AvgIpc) is 3.27. The monoisotopic (exact) mass is 451 g/mol. The number of aliphatic hydroxyl groups is 3. The number of hydrogen-bond donors (Lipinski definition) is 5. The van der Waals surface area contributed by atoms with Gasteiger partial charge in [-0.1, -0.05) is 30.3 Å². The number of aromatic nitrogens is 4. The van der Waals surface area contributed by atoms with Crippen molar-refractivity contribution in [3.05, 3.63) is 52.6 Å². The number of hydrogen-bond acceptors (Lipinski definition) is 11. The number of ether oxygens (including phenoxy) is 1. The van der Waals surface area contributed by atoms with Crippen molar-refractivity contribution >= 4 is 24.7 Å². The van der Waals surface area contributed by atoms with Crippen LogP contribution < -0.4 is 20.7 Å². The Bertz CT molecular complexity index is 1180. The lowest BCUT2D eigenvalue weighted by Gasteiger charge is -2.38. The predicted molar refractivity (Wildman–Crippen MR) is 102 cm³/mol. The molecule has 0 aliphatic carbocycles. The molecule has 0 bridgehead atoms. The van der Waals surface area contributed by atoms with Crippen LogP contribution in [0.15, 0.2) is 41.5 Å². The molecular weight excluding hydrogens is 433 g/mol. The van der Waals surface area contributed by atoms with Crippen molar-refractivity contribution in [3.63, 3.8) is 0 Å². The van der Waals surface area contributed by atoms with Gasteiger partial charge in [-0.15, -0.1) is 0 Å². The fourth-order valence-electron chi connectivity index (χ4n) is 3.40. The van der Waals surface area contributed by atoms with Crippen molar-refractivity contribution < 1.29 is 34.4 Å². The summed E-state index contributed by atoms with van der Waals surface area (Å²) < 4.78 is 18.4. The lowest BCUT2D eigenvalue weighted by atomic mass is 10.1. The third-order valence-corrected chi connectivity index (χ3v) is 5.99. The number of nitrogens with zero attached hydrogens (tertiary/aromatic N) is 3. The van der Waals surface area contributed by atoms with E-state index in [4.69, 9.17) is 4.74 Å². The van der Waals surface area contributed by atoms with Gasteiger partial charge in [0.2, 0.25) is 5.95 Å². The first-order valence-corrected chi connectivity index (χ1v) is 10.7. The number of aromatic amines is 1. The zero-order valence-electron chi connectivity index (χ0n) is 15.7. The van der Waals surface area contributed by atoms with Gasteiger partial charge in [0, 0.05) is 0 Å². The molecule has 1 fully saturated rings. The summed E-state index contributed by atoms with van der Waals surface area (Å²) >= 11 is 0. The van der Waals surface area contributed by atoms with E-state index in [1.54, 1.807) is 18.2 Å². The Kier molecular flexibility index (Phi) is 5.66. The Morgan fingerprint density at radius 2 is 1.97 bits per heavy atom. The molecule has 31 heavy (non-hydrogen) atoms. The van der Waals surface area contributed by atoms with Crippen LogP contribution in [-0.2, 0) is 9.30 Å². The smallest absolute Gasteiger partial charge is 0.280 e. The number of anilines is 1. The highest BCUT2D eigenvalue weighted by Gasteiger charge is 2.44. The average molecular weight is 451 g/mol. The zero-order chi connectivity index (χ0) is 22.3. The first kappa shape index (κ1) is 21.6. The Morgan fingerprint density at radius 3 is 2.58 bits per heavy atom. The lowest BCUT2D eigenvalue weighted by molar-refractivity contribution is -0.316. The first-order valence-electron chi connectivity index (χ1n) is 9.13. The number of fused-ring (bicyclic) bond motifs is 1. The number of aliphatic hydroxyl groups excluding tert-OH is 3. The van der Waals surface area contributed by atoms with E-state index in [1.807, 2.05) is 0 Å². The van der Waals surface area contributed by atoms with Crippen molar-refractivity contribution in [2.24, 2.45) is 0 Å². The van der Waals surface area contributed by atoms with E-state index in [1.165, 1.54) is 16.7 Å². The second-order valence-corrected chi connectivity index (χ2v) is 8.56. The fourth-order valence-corrected chi connectivity index (χ4v) is 4.22. The lowest BCUT2D eigenvalue weighted by Crippen LogP contribution is -2.33. The van der Waals surface area contributed by atoms with Crippen LogP contribution in [0.5, 0.6) is 0 Å². The minimum Gasteiger partial charge on any atom is -0.809 e. The zero-order valence-corrected chi connectivity index (χ0v) is 16.6. The molecule has 5 N–H and O–H groups in total. The Labute approximate surface area is 174 Å². The molecular formula is C17H18N5O8P-2. The SMILES string of the molecule is O=c1[nH]c(NC(c2ccccc2)P(=O)([O-])[O-])nc2c1ncn2[C@@H]1O[C@H](CO)[C@@H](O)[C@H]1O. The van der Waals surface area contributed by atoms with Crippen molar-refractivity contribution in [2.75, 3.05) is 11.9 Å². The summed E-state index contributed by atoms with van der Waals surface area (Å²) in [5.74, 6) is -2.04. The summed E-state index contributed by atoms with van der Waals surface area (Å²) in [7, 11) is -5.21. The molecule has 4 rings (SSSR count). The highest BCUT2D eigenvalue weighted by Crippen LogP contribution is 2.44. The second-order valence-electron chi connectivity index (χ2n) is 6.96. The van der Waals surface area contributed by atoms with Crippen LogP contribution in [0.1, 0.15) is 17.6 Å². The van der Waals surface area contributed by atoms with Gasteiger partial charge >= 0.3 is 0 Å². The summed E-state index contributed by atoms with van der Waals surface area (Å²) in [5, 5.41) is 31.9. The molecule has 13 nitrogen and oxygen atoms in total. The van der Waals surface area contributed by atoms with Gasteiger partial charge in [-0.05, 0) is 13.2 Å². The quantitative estimate of drug-likeness (QED) is 0.253. The summed E-state index contributed by atoms with van der Waals surface area (Å²) in [6.07, 6.45) is -3.97. The van der Waals surface area contributed by atoms with Gasteiger partial charge in [-0.25, -0.2) is 4.98 Å². The molecule has 1 unspecified atom stereocenters. The standard InChI is InChI=1S/C17H20N5O8P/c23-6-9-11(24)12(25)16(30-9)22-7-18-10-13(22)19-17(20-14(10)26)21-15(31(27,28)29)8-4-2-1-3-5-8/h1-5,7,9,11-12,15-16,23-25H,6H2,(H2,27,28,29)(H2,19,20,21,26)/p-2/t9-,11-,12-,15?,16-/m1/s1. The van der Waals surface area contributed by atoms with Crippen LogP contribution in [0.3, 0.4) is 0 Å². The number of H-pyrrole nitrogens is 1. The van der Waals surface area contributed by atoms with Gasteiger partial charge < -0.3 is 39.7 Å². The Hall–Kier alpha value is -2.64. The Balaban J connectivity index is 1.74. The van der Waals surface area contributed by atoms with Gasteiger partial charge in [0.25, 0.3) is 5.56 Å². The molecule has 0 radical (unpaired) electrons. The van der Waals surface area contributed by atoms with Gasteiger partial charge in [0.05, 0.1) is 18.7 Å².